The van der Waals surface area contributed by atoms with Gasteiger partial charge in [0.15, 0.2) is 0 Å². The van der Waals surface area contributed by atoms with Crippen molar-refractivity contribution in [1.82, 2.24) is 4.57 Å². The Morgan fingerprint density at radius 2 is 2.10 bits per heavy atom. The van der Waals surface area contributed by atoms with Crippen molar-refractivity contribution in [2.45, 2.75) is 38.7 Å². The maximum atomic E-state index is 12.6. The Kier molecular flexibility index (Phi) is 3.29. The van der Waals surface area contributed by atoms with Gasteiger partial charge < -0.3 is 9.84 Å². The fraction of sp³-hybridized carbons (Fsp3) is 0.471. The van der Waals surface area contributed by atoms with Crippen LogP contribution >= 0.6 is 0 Å². The molecule has 0 saturated heterocycles. The lowest BCUT2D eigenvalue weighted by atomic mass is 10.2. The molecule has 0 radical (unpaired) electrons. The SMILES string of the molecule is CC(C)(C)OC(=O)n1c([C@H]2C[C@@H]2CO)cc2ccccc21. The van der Waals surface area contributed by atoms with Gasteiger partial charge >= 0.3 is 6.09 Å². The van der Waals surface area contributed by atoms with Crippen molar-refractivity contribution in [1.29, 1.82) is 0 Å². The Labute approximate surface area is 124 Å². The van der Waals surface area contributed by atoms with Crippen molar-refractivity contribution in [3.63, 3.8) is 0 Å². The molecule has 0 aliphatic heterocycles. The zero-order chi connectivity index (χ0) is 15.2. The van der Waals surface area contributed by atoms with E-state index in [2.05, 4.69) is 0 Å². The van der Waals surface area contributed by atoms with Crippen molar-refractivity contribution in [2.24, 2.45) is 5.92 Å². The van der Waals surface area contributed by atoms with Crippen LogP contribution in [0.15, 0.2) is 30.3 Å². The van der Waals surface area contributed by atoms with Gasteiger partial charge in [-0.05, 0) is 45.2 Å². The number of aliphatic hydroxyl groups excluding tert-OH is 1. The van der Waals surface area contributed by atoms with E-state index in [-0.39, 0.29) is 24.5 Å². The van der Waals surface area contributed by atoms with Gasteiger partial charge in [-0.1, -0.05) is 18.2 Å². The molecular formula is C17H21NO3. The number of benzene rings is 1. The van der Waals surface area contributed by atoms with Crippen LogP contribution in [0.1, 0.15) is 38.8 Å². The molecule has 112 valence electrons. The average Bonchev–Trinajstić information content (AvgIpc) is 3.08. The first-order valence-corrected chi connectivity index (χ1v) is 7.35. The zero-order valence-electron chi connectivity index (χ0n) is 12.7. The lowest BCUT2D eigenvalue weighted by molar-refractivity contribution is 0.0539. The van der Waals surface area contributed by atoms with Gasteiger partial charge in [-0.3, -0.25) is 0 Å². The Morgan fingerprint density at radius 3 is 2.71 bits per heavy atom. The summed E-state index contributed by atoms with van der Waals surface area (Å²) in [7, 11) is 0. The normalized spacial score (nSPS) is 21.5. The number of hydrogen-bond donors (Lipinski definition) is 1. The Hall–Kier alpha value is -1.81. The molecule has 1 saturated carbocycles. The topological polar surface area (TPSA) is 51.5 Å². The van der Waals surface area contributed by atoms with Crippen LogP contribution in [-0.4, -0.2) is 28.0 Å². The molecule has 1 heterocycles. The Bertz CT molecular complexity index is 681. The third-order valence-electron chi connectivity index (χ3n) is 3.85. The number of carbonyl (C=O) groups excluding carboxylic acids is 1. The van der Waals surface area contributed by atoms with Gasteiger partial charge in [-0.15, -0.1) is 0 Å². The molecule has 1 N–H and O–H groups in total. The van der Waals surface area contributed by atoms with E-state index in [4.69, 9.17) is 4.74 Å². The second kappa shape index (κ2) is 4.88. The van der Waals surface area contributed by atoms with Crippen molar-refractivity contribution in [3.05, 3.63) is 36.0 Å². The number of ether oxygens (including phenoxy) is 1. The van der Waals surface area contributed by atoms with Gasteiger partial charge in [0, 0.05) is 23.6 Å². The van der Waals surface area contributed by atoms with Gasteiger partial charge in [0.05, 0.1) is 5.52 Å². The molecule has 1 aliphatic carbocycles. The maximum Gasteiger partial charge on any atom is 0.419 e. The summed E-state index contributed by atoms with van der Waals surface area (Å²) in [5.41, 5.74) is 1.29. The van der Waals surface area contributed by atoms with Crippen LogP contribution in [0.5, 0.6) is 0 Å². The number of fused-ring (bicyclic) bond motifs is 1. The van der Waals surface area contributed by atoms with Crippen LogP contribution < -0.4 is 0 Å². The summed E-state index contributed by atoms with van der Waals surface area (Å²) in [6.07, 6.45) is 0.581. The average molecular weight is 287 g/mol. The Balaban J connectivity index is 2.06. The van der Waals surface area contributed by atoms with Crippen molar-refractivity contribution < 1.29 is 14.6 Å². The minimum absolute atomic E-state index is 0.167. The van der Waals surface area contributed by atoms with Crippen molar-refractivity contribution >= 4 is 17.0 Å². The molecule has 21 heavy (non-hydrogen) atoms. The molecule has 2 atom stereocenters. The maximum absolute atomic E-state index is 12.6. The van der Waals surface area contributed by atoms with Crippen LogP contribution in [0.4, 0.5) is 4.79 Å². The smallest absolute Gasteiger partial charge is 0.419 e. The number of aromatic nitrogens is 1. The third kappa shape index (κ3) is 2.68. The van der Waals surface area contributed by atoms with Gasteiger partial charge in [-0.25, -0.2) is 9.36 Å². The first-order chi connectivity index (χ1) is 9.90. The fourth-order valence-corrected chi connectivity index (χ4v) is 2.77. The van der Waals surface area contributed by atoms with Crippen molar-refractivity contribution in [2.75, 3.05) is 6.61 Å². The summed E-state index contributed by atoms with van der Waals surface area (Å²) >= 11 is 0. The number of hydrogen-bond acceptors (Lipinski definition) is 3. The van der Waals surface area contributed by atoms with Crippen LogP contribution in [0.2, 0.25) is 0 Å². The summed E-state index contributed by atoms with van der Waals surface area (Å²) < 4.78 is 7.21. The van der Waals surface area contributed by atoms with E-state index in [1.165, 1.54) is 0 Å². The van der Waals surface area contributed by atoms with Gasteiger partial charge in [0.25, 0.3) is 0 Å². The highest BCUT2D eigenvalue weighted by molar-refractivity contribution is 5.91. The summed E-state index contributed by atoms with van der Waals surface area (Å²) in [5, 5.41) is 10.3. The van der Waals surface area contributed by atoms with Gasteiger partial charge in [0.1, 0.15) is 5.60 Å². The van der Waals surface area contributed by atoms with Crippen LogP contribution in [-0.2, 0) is 4.74 Å². The van der Waals surface area contributed by atoms with Crippen molar-refractivity contribution in [3.8, 4) is 0 Å². The quantitative estimate of drug-likeness (QED) is 0.919. The monoisotopic (exact) mass is 287 g/mol. The summed E-state index contributed by atoms with van der Waals surface area (Å²) in [6.45, 7) is 5.76. The number of aliphatic hydroxyl groups is 1. The predicted molar refractivity (Wildman–Crippen MR) is 81.5 cm³/mol. The minimum atomic E-state index is -0.528. The van der Waals surface area contributed by atoms with E-state index in [1.54, 1.807) is 4.57 Å². The molecule has 1 fully saturated rings. The summed E-state index contributed by atoms with van der Waals surface area (Å²) in [5.74, 6) is 0.505. The van der Waals surface area contributed by atoms with Crippen LogP contribution in [0, 0.1) is 5.92 Å². The number of rotatable bonds is 2. The minimum Gasteiger partial charge on any atom is -0.443 e. The molecule has 0 bridgehead atoms. The van der Waals surface area contributed by atoms with Gasteiger partial charge in [0.2, 0.25) is 0 Å². The van der Waals surface area contributed by atoms with E-state index >= 15 is 0 Å². The lowest BCUT2D eigenvalue weighted by Gasteiger charge is -2.21. The highest BCUT2D eigenvalue weighted by Crippen LogP contribution is 2.48. The Morgan fingerprint density at radius 1 is 1.38 bits per heavy atom. The lowest BCUT2D eigenvalue weighted by Crippen LogP contribution is -2.28. The first kappa shape index (κ1) is 14.1. The van der Waals surface area contributed by atoms with Crippen LogP contribution in [0.25, 0.3) is 10.9 Å². The largest absolute Gasteiger partial charge is 0.443 e. The first-order valence-electron chi connectivity index (χ1n) is 7.35. The second-order valence-corrected chi connectivity index (χ2v) is 6.73. The summed E-state index contributed by atoms with van der Waals surface area (Å²) in [6, 6.07) is 9.85. The third-order valence-corrected chi connectivity index (χ3v) is 3.85. The number of para-hydroxylation sites is 1. The molecule has 3 rings (SSSR count). The fourth-order valence-electron chi connectivity index (χ4n) is 2.77. The molecule has 1 aromatic heterocycles. The zero-order valence-corrected chi connectivity index (χ0v) is 12.7. The van der Waals surface area contributed by atoms with E-state index in [9.17, 15) is 9.90 Å². The summed E-state index contributed by atoms with van der Waals surface area (Å²) in [4.78, 5) is 12.6. The molecule has 0 spiro atoms. The molecule has 1 aromatic carbocycles. The van der Waals surface area contributed by atoms with Crippen LogP contribution in [0.3, 0.4) is 0 Å². The molecule has 0 unspecified atom stereocenters. The van der Waals surface area contributed by atoms with E-state index in [0.29, 0.717) is 0 Å². The standard InChI is InChI=1S/C17H21NO3/c1-17(2,3)21-16(20)18-14-7-5-4-6-11(14)9-15(18)13-8-12(13)10-19/h4-7,9,12-13,19H,8,10H2,1-3H3/t12-,13+/m1/s1. The molecule has 4 nitrogen and oxygen atoms in total. The molecular weight excluding hydrogens is 266 g/mol. The highest BCUT2D eigenvalue weighted by Gasteiger charge is 2.41. The molecule has 1 aliphatic rings. The highest BCUT2D eigenvalue weighted by atomic mass is 16.6. The second-order valence-electron chi connectivity index (χ2n) is 6.73. The molecule has 4 heteroatoms. The van der Waals surface area contributed by atoms with E-state index in [1.807, 2.05) is 51.1 Å². The van der Waals surface area contributed by atoms with E-state index < -0.39 is 5.60 Å². The molecule has 2 aromatic rings. The van der Waals surface area contributed by atoms with E-state index in [0.717, 1.165) is 23.0 Å². The molecule has 0 amide bonds. The predicted octanol–water partition coefficient (Wildman–Crippen LogP) is 3.52. The van der Waals surface area contributed by atoms with Gasteiger partial charge in [-0.2, -0.15) is 0 Å². The number of nitrogens with zero attached hydrogens (tertiary/aromatic N) is 1. The number of carbonyl (C=O) groups is 1.